The minimum Gasteiger partial charge on any atom is -0.392 e. The molecule has 0 heterocycles. The fraction of sp³-hybridized carbons (Fsp3) is 1.00. The van der Waals surface area contributed by atoms with Gasteiger partial charge in [0.1, 0.15) is 0 Å². The van der Waals surface area contributed by atoms with Crippen molar-refractivity contribution in [1.29, 1.82) is 0 Å². The van der Waals surface area contributed by atoms with Gasteiger partial charge in [-0.25, -0.2) is 0 Å². The number of nitrogens with two attached hydrogens (primary N) is 1. The van der Waals surface area contributed by atoms with Crippen LogP contribution in [0.4, 0.5) is 0 Å². The third-order valence-electron chi connectivity index (χ3n) is 0.451. The average molecular weight is 122 g/mol. The van der Waals surface area contributed by atoms with E-state index in [-0.39, 0.29) is 0 Å². The van der Waals surface area contributed by atoms with Crippen LogP contribution in [0.3, 0.4) is 0 Å². The van der Waals surface area contributed by atoms with Gasteiger partial charge in [0.25, 0.3) is 0 Å². The number of rotatable bonds is 2. The van der Waals surface area contributed by atoms with Gasteiger partial charge in [-0.05, 0) is 6.92 Å². The third-order valence-corrected chi connectivity index (χ3v) is 0.615. The molecule has 7 heavy (non-hydrogen) atoms. The van der Waals surface area contributed by atoms with Crippen LogP contribution in [-0.2, 0) is 0 Å². The predicted octanol–water partition coefficient (Wildman–Crippen LogP) is -0.612. The Morgan fingerprint density at radius 3 is 2.43 bits per heavy atom. The number of hydrogen-bond acceptors (Lipinski definition) is 4. The van der Waals surface area contributed by atoms with Crippen molar-refractivity contribution in [2.24, 2.45) is 5.84 Å². The van der Waals surface area contributed by atoms with Crippen molar-refractivity contribution >= 4 is 12.8 Å². The number of hydrazine groups is 1. The van der Waals surface area contributed by atoms with Crippen molar-refractivity contribution in [3.8, 4) is 0 Å². The normalized spacial score (nSPS) is 15.0. The Hall–Kier alpha value is 0.230. The van der Waals surface area contributed by atoms with Crippen molar-refractivity contribution in [3.63, 3.8) is 0 Å². The summed E-state index contributed by atoms with van der Waals surface area (Å²) in [5.41, 5.74) is 0. The molecule has 0 saturated carbocycles. The lowest BCUT2D eigenvalue weighted by Crippen LogP contribution is -2.28. The first kappa shape index (κ1) is 7.23. The Morgan fingerprint density at radius 1 is 2.00 bits per heavy atom. The van der Waals surface area contributed by atoms with Gasteiger partial charge in [0, 0.05) is 6.54 Å². The van der Waals surface area contributed by atoms with E-state index in [9.17, 15) is 0 Å². The van der Waals surface area contributed by atoms with E-state index in [1.807, 2.05) is 0 Å². The highest BCUT2D eigenvalue weighted by Crippen LogP contribution is 1.84. The molecule has 0 aromatic rings. The molecule has 0 fully saturated rings. The van der Waals surface area contributed by atoms with E-state index in [1.165, 1.54) is 0 Å². The fourth-order valence-corrected chi connectivity index (χ4v) is 0.507. The van der Waals surface area contributed by atoms with Gasteiger partial charge < -0.3 is 5.11 Å². The van der Waals surface area contributed by atoms with Gasteiger partial charge in [-0.15, -0.1) is 0 Å². The number of nitrogens with zero attached hydrogens (tertiary/aromatic N) is 1. The molecule has 0 aliphatic heterocycles. The summed E-state index contributed by atoms with van der Waals surface area (Å²) in [7, 11) is 0. The molecule has 0 aromatic heterocycles. The monoisotopic (exact) mass is 122 g/mol. The molecule has 1 unspecified atom stereocenters. The van der Waals surface area contributed by atoms with Crippen LogP contribution >= 0.6 is 12.8 Å². The van der Waals surface area contributed by atoms with Crippen LogP contribution in [0, 0.1) is 0 Å². The maximum absolute atomic E-state index is 8.55. The van der Waals surface area contributed by atoms with E-state index in [0.717, 1.165) is 4.41 Å². The number of thiol groups is 1. The maximum atomic E-state index is 8.55. The molecule has 0 aliphatic rings. The molecule has 0 saturated heterocycles. The molecule has 44 valence electrons. The number of hydrogen-bond donors (Lipinski definition) is 3. The predicted molar refractivity (Wildman–Crippen MR) is 31.6 cm³/mol. The van der Waals surface area contributed by atoms with Gasteiger partial charge in [-0.1, -0.05) is 12.8 Å². The van der Waals surface area contributed by atoms with Crippen molar-refractivity contribution in [3.05, 3.63) is 0 Å². The van der Waals surface area contributed by atoms with Crippen LogP contribution in [0.15, 0.2) is 0 Å². The van der Waals surface area contributed by atoms with E-state index in [2.05, 4.69) is 12.8 Å². The molecule has 1 atom stereocenters. The molecular weight excluding hydrogens is 112 g/mol. The van der Waals surface area contributed by atoms with Crippen LogP contribution in [0.2, 0.25) is 0 Å². The highest BCUT2D eigenvalue weighted by atomic mass is 32.1. The standard InChI is InChI=1S/C3H10N2OS/c1-3(6)2-5(4)7/h3,6-7H,2,4H2,1H3. The van der Waals surface area contributed by atoms with Gasteiger partial charge >= 0.3 is 0 Å². The number of aliphatic hydroxyl groups excluding tert-OH is 1. The van der Waals surface area contributed by atoms with Crippen molar-refractivity contribution in [1.82, 2.24) is 4.41 Å². The third kappa shape index (κ3) is 6.23. The zero-order valence-corrected chi connectivity index (χ0v) is 5.10. The maximum Gasteiger partial charge on any atom is 0.0662 e. The van der Waals surface area contributed by atoms with Gasteiger partial charge in [-0.3, -0.25) is 5.84 Å². The summed E-state index contributed by atoms with van der Waals surface area (Å²) in [6.45, 7) is 2.04. The summed E-state index contributed by atoms with van der Waals surface area (Å²) in [6, 6.07) is 0. The summed E-state index contributed by atoms with van der Waals surface area (Å²) >= 11 is 3.69. The molecule has 0 amide bonds. The first-order valence-corrected chi connectivity index (χ1v) is 2.42. The second-order valence-corrected chi connectivity index (χ2v) is 1.98. The molecule has 0 spiro atoms. The van der Waals surface area contributed by atoms with Gasteiger partial charge in [-0.2, -0.15) is 4.41 Å². The average Bonchev–Trinajstić information content (AvgIpc) is 1.27. The summed E-state index contributed by atoms with van der Waals surface area (Å²) in [5.74, 6) is 5.03. The van der Waals surface area contributed by atoms with E-state index in [4.69, 9.17) is 10.9 Å². The van der Waals surface area contributed by atoms with Gasteiger partial charge in [0.2, 0.25) is 0 Å². The molecular formula is C3H10N2OS. The zero-order valence-electron chi connectivity index (χ0n) is 4.20. The molecule has 0 aromatic carbocycles. The molecule has 3 nitrogen and oxygen atoms in total. The van der Waals surface area contributed by atoms with Crippen molar-refractivity contribution in [2.45, 2.75) is 13.0 Å². The molecule has 0 bridgehead atoms. The van der Waals surface area contributed by atoms with E-state index in [1.54, 1.807) is 6.92 Å². The van der Waals surface area contributed by atoms with Crippen molar-refractivity contribution < 1.29 is 5.11 Å². The lowest BCUT2D eigenvalue weighted by atomic mass is 10.4. The van der Waals surface area contributed by atoms with Crippen LogP contribution < -0.4 is 5.84 Å². The van der Waals surface area contributed by atoms with E-state index in [0.29, 0.717) is 6.54 Å². The zero-order chi connectivity index (χ0) is 5.86. The molecule has 0 aliphatic carbocycles. The highest BCUT2D eigenvalue weighted by Gasteiger charge is 1.95. The smallest absolute Gasteiger partial charge is 0.0662 e. The highest BCUT2D eigenvalue weighted by molar-refractivity contribution is 7.77. The topological polar surface area (TPSA) is 49.5 Å². The van der Waals surface area contributed by atoms with Crippen LogP contribution in [0.25, 0.3) is 0 Å². The minimum absolute atomic E-state index is 0.392. The Labute approximate surface area is 48.6 Å². The van der Waals surface area contributed by atoms with E-state index >= 15 is 0 Å². The molecule has 3 N–H and O–H groups in total. The molecule has 4 heteroatoms. The second kappa shape index (κ2) is 3.26. The summed E-state index contributed by atoms with van der Waals surface area (Å²) in [6.07, 6.45) is -0.400. The fourth-order valence-electron chi connectivity index (χ4n) is 0.271. The Morgan fingerprint density at radius 2 is 2.43 bits per heavy atom. The van der Waals surface area contributed by atoms with E-state index < -0.39 is 6.10 Å². The van der Waals surface area contributed by atoms with Gasteiger partial charge in [0.15, 0.2) is 0 Å². The summed E-state index contributed by atoms with van der Waals surface area (Å²) < 4.78 is 1.14. The quantitative estimate of drug-likeness (QED) is 0.260. The Balaban J connectivity index is 2.95. The van der Waals surface area contributed by atoms with Crippen LogP contribution in [0.5, 0.6) is 0 Å². The summed E-state index contributed by atoms with van der Waals surface area (Å²) in [4.78, 5) is 0. The lowest BCUT2D eigenvalue weighted by molar-refractivity contribution is 0.169. The summed E-state index contributed by atoms with van der Waals surface area (Å²) in [5, 5.41) is 8.55. The Bertz CT molecular complexity index is 42.2. The largest absolute Gasteiger partial charge is 0.392 e. The first-order valence-electron chi connectivity index (χ1n) is 2.02. The minimum atomic E-state index is -0.400. The SMILES string of the molecule is CC(O)CN(N)S. The Kier molecular flexibility index (Phi) is 3.37. The first-order chi connectivity index (χ1) is 3.13. The second-order valence-electron chi connectivity index (χ2n) is 1.47. The van der Waals surface area contributed by atoms with Crippen LogP contribution in [0.1, 0.15) is 6.92 Å². The lowest BCUT2D eigenvalue weighted by Gasteiger charge is -2.08. The molecule has 0 radical (unpaired) electrons. The number of aliphatic hydroxyl groups is 1. The van der Waals surface area contributed by atoms with Gasteiger partial charge in [0.05, 0.1) is 6.10 Å². The van der Waals surface area contributed by atoms with Crippen LogP contribution in [-0.4, -0.2) is 22.2 Å². The van der Waals surface area contributed by atoms with Crippen molar-refractivity contribution in [2.75, 3.05) is 6.54 Å². The molecule has 0 rings (SSSR count).